The quantitative estimate of drug-likeness (QED) is 0.797. The van der Waals surface area contributed by atoms with E-state index in [9.17, 15) is 0 Å². The first-order chi connectivity index (χ1) is 9.74. The van der Waals surface area contributed by atoms with Gasteiger partial charge in [-0.15, -0.1) is 11.3 Å². The van der Waals surface area contributed by atoms with E-state index in [4.69, 9.17) is 9.47 Å². The number of hydrogen-bond donors (Lipinski definition) is 1. The van der Waals surface area contributed by atoms with Crippen molar-refractivity contribution >= 4 is 11.3 Å². The molecule has 0 aliphatic carbocycles. The summed E-state index contributed by atoms with van der Waals surface area (Å²) in [7, 11) is 0. The lowest BCUT2D eigenvalue weighted by Gasteiger charge is -2.21. The third kappa shape index (κ3) is 5.92. The van der Waals surface area contributed by atoms with Crippen molar-refractivity contribution in [1.82, 2.24) is 5.32 Å². The summed E-state index contributed by atoms with van der Waals surface area (Å²) >= 11 is 1.86. The van der Waals surface area contributed by atoms with Gasteiger partial charge in [0.2, 0.25) is 0 Å². The van der Waals surface area contributed by atoms with Gasteiger partial charge in [0.15, 0.2) is 0 Å². The fourth-order valence-electron chi connectivity index (χ4n) is 2.32. The molecule has 1 aliphatic rings. The van der Waals surface area contributed by atoms with Gasteiger partial charge >= 0.3 is 0 Å². The van der Waals surface area contributed by atoms with Gasteiger partial charge in [-0.25, -0.2) is 0 Å². The van der Waals surface area contributed by atoms with Crippen molar-refractivity contribution in [3.63, 3.8) is 0 Å². The Kier molecular flexibility index (Phi) is 7.00. The van der Waals surface area contributed by atoms with Crippen LogP contribution in [0.2, 0.25) is 0 Å². The maximum absolute atomic E-state index is 5.85. The molecule has 0 unspecified atom stereocenters. The van der Waals surface area contributed by atoms with Crippen LogP contribution < -0.4 is 5.32 Å². The Morgan fingerprint density at radius 3 is 2.80 bits per heavy atom. The van der Waals surface area contributed by atoms with Crippen molar-refractivity contribution in [3.05, 3.63) is 21.9 Å². The molecule has 0 radical (unpaired) electrons. The molecule has 1 fully saturated rings. The van der Waals surface area contributed by atoms with Crippen LogP contribution in [0.15, 0.2) is 12.1 Å². The van der Waals surface area contributed by atoms with Gasteiger partial charge in [0.05, 0.1) is 13.2 Å². The molecule has 0 aromatic carbocycles. The molecule has 1 aromatic heterocycles. The van der Waals surface area contributed by atoms with E-state index in [0.29, 0.717) is 11.8 Å². The predicted molar refractivity (Wildman–Crippen MR) is 84.1 cm³/mol. The minimum atomic E-state index is 0.691. The molecule has 4 heteroatoms. The Morgan fingerprint density at radius 1 is 1.30 bits per heavy atom. The number of rotatable bonds is 8. The SMILES string of the molecule is CC(C)CNCc1ccc(COCC2CCOCC2)s1. The van der Waals surface area contributed by atoms with E-state index in [-0.39, 0.29) is 0 Å². The lowest BCUT2D eigenvalue weighted by atomic mass is 10.0. The molecule has 1 aliphatic heterocycles. The van der Waals surface area contributed by atoms with Crippen molar-refractivity contribution in [1.29, 1.82) is 0 Å². The first-order valence-corrected chi connectivity index (χ1v) is 8.49. The van der Waals surface area contributed by atoms with Crippen LogP contribution >= 0.6 is 11.3 Å². The van der Waals surface area contributed by atoms with E-state index in [0.717, 1.165) is 52.4 Å². The maximum Gasteiger partial charge on any atom is 0.0809 e. The zero-order valence-corrected chi connectivity index (χ0v) is 13.5. The molecule has 1 N–H and O–H groups in total. The topological polar surface area (TPSA) is 30.5 Å². The smallest absolute Gasteiger partial charge is 0.0809 e. The third-order valence-electron chi connectivity index (χ3n) is 3.51. The highest BCUT2D eigenvalue weighted by Gasteiger charge is 2.13. The standard InChI is InChI=1S/C16H27NO2S/c1-13(2)9-17-10-15-3-4-16(20-15)12-19-11-14-5-7-18-8-6-14/h3-4,13-14,17H,5-12H2,1-2H3. The predicted octanol–water partition coefficient (Wildman–Crippen LogP) is 3.44. The van der Waals surface area contributed by atoms with Crippen molar-refractivity contribution in [2.75, 3.05) is 26.4 Å². The zero-order chi connectivity index (χ0) is 14.2. The Hall–Kier alpha value is -0.420. The van der Waals surface area contributed by atoms with Gasteiger partial charge in [-0.1, -0.05) is 13.8 Å². The second-order valence-corrected chi connectivity index (χ2v) is 7.22. The minimum absolute atomic E-state index is 0.691. The van der Waals surface area contributed by atoms with Crippen LogP contribution in [-0.4, -0.2) is 26.4 Å². The molecule has 1 aromatic rings. The summed E-state index contributed by atoms with van der Waals surface area (Å²) in [5, 5.41) is 3.48. The van der Waals surface area contributed by atoms with Gasteiger partial charge in [-0.2, -0.15) is 0 Å². The monoisotopic (exact) mass is 297 g/mol. The van der Waals surface area contributed by atoms with Crippen LogP contribution in [0.4, 0.5) is 0 Å². The molecule has 114 valence electrons. The zero-order valence-electron chi connectivity index (χ0n) is 12.7. The Bertz CT molecular complexity index is 372. The van der Waals surface area contributed by atoms with E-state index in [1.807, 2.05) is 11.3 Å². The highest BCUT2D eigenvalue weighted by Crippen LogP contribution is 2.19. The summed E-state index contributed by atoms with van der Waals surface area (Å²) in [6.45, 7) is 9.95. The van der Waals surface area contributed by atoms with Crippen LogP contribution in [0.1, 0.15) is 36.4 Å². The molecular formula is C16H27NO2S. The second-order valence-electron chi connectivity index (χ2n) is 5.96. The van der Waals surface area contributed by atoms with Gasteiger partial charge in [-0.05, 0) is 43.4 Å². The number of ether oxygens (including phenoxy) is 2. The van der Waals surface area contributed by atoms with Crippen molar-refractivity contribution in [2.24, 2.45) is 11.8 Å². The van der Waals surface area contributed by atoms with Gasteiger partial charge in [0.25, 0.3) is 0 Å². The summed E-state index contributed by atoms with van der Waals surface area (Å²) in [6, 6.07) is 4.41. The molecule has 2 heterocycles. The maximum atomic E-state index is 5.85. The van der Waals surface area contributed by atoms with Crippen LogP contribution in [0.5, 0.6) is 0 Å². The average Bonchev–Trinajstić information content (AvgIpc) is 2.87. The molecule has 0 bridgehead atoms. The fraction of sp³-hybridized carbons (Fsp3) is 0.750. The van der Waals surface area contributed by atoms with E-state index >= 15 is 0 Å². The molecule has 0 spiro atoms. The summed E-state index contributed by atoms with van der Waals surface area (Å²) in [6.07, 6.45) is 2.30. The molecule has 1 saturated heterocycles. The molecule has 2 rings (SSSR count). The van der Waals surface area contributed by atoms with Crippen molar-refractivity contribution in [3.8, 4) is 0 Å². The van der Waals surface area contributed by atoms with Crippen LogP contribution in [-0.2, 0) is 22.6 Å². The largest absolute Gasteiger partial charge is 0.381 e. The molecule has 0 atom stereocenters. The van der Waals surface area contributed by atoms with Crippen LogP contribution in [0.3, 0.4) is 0 Å². The first kappa shape index (κ1) is 16.0. The summed E-state index contributed by atoms with van der Waals surface area (Å²) in [4.78, 5) is 2.73. The first-order valence-electron chi connectivity index (χ1n) is 7.68. The molecule has 3 nitrogen and oxygen atoms in total. The van der Waals surface area contributed by atoms with Gasteiger partial charge in [0.1, 0.15) is 0 Å². The van der Waals surface area contributed by atoms with Crippen LogP contribution in [0, 0.1) is 11.8 Å². The average molecular weight is 297 g/mol. The fourth-order valence-corrected chi connectivity index (χ4v) is 3.24. The Balaban J connectivity index is 1.62. The van der Waals surface area contributed by atoms with E-state index < -0.39 is 0 Å². The summed E-state index contributed by atoms with van der Waals surface area (Å²) in [5.74, 6) is 1.40. The van der Waals surface area contributed by atoms with E-state index in [1.165, 1.54) is 9.75 Å². The van der Waals surface area contributed by atoms with Crippen LogP contribution in [0.25, 0.3) is 0 Å². The molecule has 20 heavy (non-hydrogen) atoms. The summed E-state index contributed by atoms with van der Waals surface area (Å²) < 4.78 is 11.2. The minimum Gasteiger partial charge on any atom is -0.381 e. The number of nitrogens with one attached hydrogen (secondary N) is 1. The molecule has 0 amide bonds. The highest BCUT2D eigenvalue weighted by molar-refractivity contribution is 7.11. The van der Waals surface area contributed by atoms with Gasteiger partial charge in [0, 0.05) is 29.5 Å². The molecule has 0 saturated carbocycles. The van der Waals surface area contributed by atoms with E-state index in [1.54, 1.807) is 0 Å². The Labute approximate surface area is 126 Å². The Morgan fingerprint density at radius 2 is 2.05 bits per heavy atom. The second kappa shape index (κ2) is 8.78. The molecular weight excluding hydrogens is 270 g/mol. The van der Waals surface area contributed by atoms with Crippen molar-refractivity contribution in [2.45, 2.75) is 39.8 Å². The van der Waals surface area contributed by atoms with Crippen molar-refractivity contribution < 1.29 is 9.47 Å². The third-order valence-corrected chi connectivity index (χ3v) is 4.57. The lowest BCUT2D eigenvalue weighted by Crippen LogP contribution is -2.19. The lowest BCUT2D eigenvalue weighted by molar-refractivity contribution is 0.0163. The number of hydrogen-bond acceptors (Lipinski definition) is 4. The number of thiophene rings is 1. The highest BCUT2D eigenvalue weighted by atomic mass is 32.1. The van der Waals surface area contributed by atoms with Gasteiger partial charge in [-0.3, -0.25) is 0 Å². The normalized spacial score (nSPS) is 16.9. The van der Waals surface area contributed by atoms with E-state index in [2.05, 4.69) is 31.3 Å². The summed E-state index contributed by atoms with van der Waals surface area (Å²) in [5.41, 5.74) is 0. The van der Waals surface area contributed by atoms with Gasteiger partial charge < -0.3 is 14.8 Å².